The summed E-state index contributed by atoms with van der Waals surface area (Å²) in [6.45, 7) is 2.21. The van der Waals surface area contributed by atoms with E-state index in [2.05, 4.69) is 55.5 Å². The molecule has 0 saturated heterocycles. The van der Waals surface area contributed by atoms with Gasteiger partial charge in [-0.15, -0.1) is 0 Å². The van der Waals surface area contributed by atoms with E-state index in [1.54, 1.807) is 14.2 Å². The highest BCUT2D eigenvalue weighted by molar-refractivity contribution is 5.38. The summed E-state index contributed by atoms with van der Waals surface area (Å²) >= 11 is 0. The Hall–Kier alpha value is -1.64. The van der Waals surface area contributed by atoms with Gasteiger partial charge in [-0.25, -0.2) is 0 Å². The number of rotatable bonds is 6. The van der Waals surface area contributed by atoms with Crippen molar-refractivity contribution >= 4 is 0 Å². The minimum Gasteiger partial charge on any atom is -0.352 e. The normalized spacial score (nSPS) is 12.6. The van der Waals surface area contributed by atoms with E-state index < -0.39 is 0 Å². The summed E-state index contributed by atoms with van der Waals surface area (Å²) in [6.07, 6.45) is 0.727. The summed E-state index contributed by atoms with van der Waals surface area (Å²) < 4.78 is 10.9. The van der Waals surface area contributed by atoms with Crippen LogP contribution in [0, 0.1) is 0 Å². The largest absolute Gasteiger partial charge is 0.352 e. The first-order chi connectivity index (χ1) is 9.81. The van der Waals surface area contributed by atoms with E-state index in [9.17, 15) is 0 Å². The van der Waals surface area contributed by atoms with Crippen LogP contribution in [0.4, 0.5) is 0 Å². The smallest absolute Gasteiger partial charge is 0.183 e. The summed E-state index contributed by atoms with van der Waals surface area (Å²) in [6, 6.07) is 18.9. The third-order valence-electron chi connectivity index (χ3n) is 3.66. The lowest BCUT2D eigenvalue weighted by atomic mass is 9.86. The van der Waals surface area contributed by atoms with Crippen molar-refractivity contribution in [2.75, 3.05) is 14.2 Å². The monoisotopic (exact) mass is 270 g/mol. The van der Waals surface area contributed by atoms with Gasteiger partial charge >= 0.3 is 0 Å². The van der Waals surface area contributed by atoms with Crippen molar-refractivity contribution < 1.29 is 9.47 Å². The zero-order chi connectivity index (χ0) is 14.4. The van der Waals surface area contributed by atoms with Gasteiger partial charge in [-0.05, 0) is 17.5 Å². The molecular weight excluding hydrogens is 248 g/mol. The molecule has 0 saturated carbocycles. The van der Waals surface area contributed by atoms with Crippen LogP contribution in [0.3, 0.4) is 0 Å². The van der Waals surface area contributed by atoms with Gasteiger partial charge in [0.15, 0.2) is 6.29 Å². The maximum absolute atomic E-state index is 5.43. The molecule has 0 aliphatic rings. The van der Waals surface area contributed by atoms with Gasteiger partial charge in [0, 0.05) is 25.7 Å². The first kappa shape index (κ1) is 14.8. The molecule has 0 aromatic heterocycles. The number of hydrogen-bond donors (Lipinski definition) is 0. The Morgan fingerprint density at radius 2 is 1.35 bits per heavy atom. The second kappa shape index (κ2) is 7.22. The molecule has 0 amide bonds. The Balaban J connectivity index is 2.45. The highest BCUT2D eigenvalue weighted by atomic mass is 16.7. The second-order valence-corrected chi connectivity index (χ2v) is 4.80. The quantitative estimate of drug-likeness (QED) is 0.718. The van der Waals surface area contributed by atoms with Crippen molar-refractivity contribution in [3.8, 4) is 0 Å². The van der Waals surface area contributed by atoms with Crippen LogP contribution in [-0.4, -0.2) is 14.2 Å². The van der Waals surface area contributed by atoms with Crippen LogP contribution in [0.1, 0.15) is 42.2 Å². The SMILES string of the molecule is CCC(c1ccccc1)c1ccccc1C(OC)OC. The minimum atomic E-state index is -0.316. The third-order valence-corrected chi connectivity index (χ3v) is 3.66. The van der Waals surface area contributed by atoms with Gasteiger partial charge in [0.1, 0.15) is 0 Å². The summed E-state index contributed by atoms with van der Waals surface area (Å²) in [5.74, 6) is 0.361. The van der Waals surface area contributed by atoms with E-state index in [4.69, 9.17) is 9.47 Å². The Bertz CT molecular complexity index is 518. The standard InChI is InChI=1S/C18H22O2/c1-4-15(14-10-6-5-7-11-14)16-12-8-9-13-17(16)18(19-2)20-3/h5-13,15,18H,4H2,1-3H3. The molecule has 20 heavy (non-hydrogen) atoms. The lowest BCUT2D eigenvalue weighted by Crippen LogP contribution is -2.10. The van der Waals surface area contributed by atoms with Gasteiger partial charge in [-0.1, -0.05) is 61.5 Å². The zero-order valence-electron chi connectivity index (χ0n) is 12.4. The Morgan fingerprint density at radius 3 is 1.90 bits per heavy atom. The number of hydrogen-bond acceptors (Lipinski definition) is 2. The van der Waals surface area contributed by atoms with E-state index in [1.165, 1.54) is 11.1 Å². The van der Waals surface area contributed by atoms with Crippen LogP contribution < -0.4 is 0 Å². The average molecular weight is 270 g/mol. The van der Waals surface area contributed by atoms with Crippen LogP contribution in [0.2, 0.25) is 0 Å². The molecule has 0 N–H and O–H groups in total. The van der Waals surface area contributed by atoms with Crippen molar-refractivity contribution in [1.82, 2.24) is 0 Å². The average Bonchev–Trinajstić information content (AvgIpc) is 2.52. The van der Waals surface area contributed by atoms with E-state index in [1.807, 2.05) is 6.07 Å². The molecule has 0 bridgehead atoms. The molecule has 0 heterocycles. The fourth-order valence-corrected chi connectivity index (χ4v) is 2.71. The van der Waals surface area contributed by atoms with E-state index >= 15 is 0 Å². The van der Waals surface area contributed by atoms with Gasteiger partial charge in [0.05, 0.1) is 0 Å². The van der Waals surface area contributed by atoms with Crippen LogP contribution in [0.5, 0.6) is 0 Å². The molecule has 2 heteroatoms. The van der Waals surface area contributed by atoms with Crippen LogP contribution >= 0.6 is 0 Å². The summed E-state index contributed by atoms with van der Waals surface area (Å²) in [5, 5.41) is 0. The minimum absolute atomic E-state index is 0.316. The van der Waals surface area contributed by atoms with Gasteiger partial charge in [0.2, 0.25) is 0 Å². The van der Waals surface area contributed by atoms with Crippen LogP contribution in [-0.2, 0) is 9.47 Å². The summed E-state index contributed by atoms with van der Waals surface area (Å²) in [4.78, 5) is 0. The van der Waals surface area contributed by atoms with Gasteiger partial charge < -0.3 is 9.47 Å². The Labute approximate surface area is 121 Å². The van der Waals surface area contributed by atoms with E-state index in [-0.39, 0.29) is 6.29 Å². The summed E-state index contributed by atoms with van der Waals surface area (Å²) in [7, 11) is 3.35. The molecule has 0 spiro atoms. The zero-order valence-corrected chi connectivity index (χ0v) is 12.4. The van der Waals surface area contributed by atoms with Crippen LogP contribution in [0.25, 0.3) is 0 Å². The van der Waals surface area contributed by atoms with Crippen molar-refractivity contribution in [3.63, 3.8) is 0 Å². The molecule has 106 valence electrons. The molecule has 2 nitrogen and oxygen atoms in total. The highest BCUT2D eigenvalue weighted by Gasteiger charge is 2.20. The van der Waals surface area contributed by atoms with E-state index in [0.29, 0.717) is 5.92 Å². The molecule has 0 aliphatic heterocycles. The maximum atomic E-state index is 5.43. The molecule has 0 aliphatic carbocycles. The lowest BCUT2D eigenvalue weighted by Gasteiger charge is -2.23. The number of benzene rings is 2. The first-order valence-corrected chi connectivity index (χ1v) is 7.01. The number of ether oxygens (including phenoxy) is 2. The molecule has 0 radical (unpaired) electrons. The van der Waals surface area contributed by atoms with Gasteiger partial charge in [0.25, 0.3) is 0 Å². The molecule has 2 rings (SSSR count). The number of methoxy groups -OCH3 is 2. The topological polar surface area (TPSA) is 18.5 Å². The fourth-order valence-electron chi connectivity index (χ4n) is 2.71. The van der Waals surface area contributed by atoms with Crippen LogP contribution in [0.15, 0.2) is 54.6 Å². The highest BCUT2D eigenvalue weighted by Crippen LogP contribution is 2.33. The van der Waals surface area contributed by atoms with Gasteiger partial charge in [-0.2, -0.15) is 0 Å². The van der Waals surface area contributed by atoms with Crippen molar-refractivity contribution in [3.05, 3.63) is 71.3 Å². The third kappa shape index (κ3) is 3.09. The summed E-state index contributed by atoms with van der Waals surface area (Å²) in [5.41, 5.74) is 3.71. The van der Waals surface area contributed by atoms with Gasteiger partial charge in [-0.3, -0.25) is 0 Å². The maximum Gasteiger partial charge on any atom is 0.183 e. The molecule has 1 unspecified atom stereocenters. The molecule has 2 aromatic carbocycles. The molecule has 0 fully saturated rings. The van der Waals surface area contributed by atoms with Crippen molar-refractivity contribution in [2.45, 2.75) is 25.6 Å². The van der Waals surface area contributed by atoms with E-state index in [0.717, 1.165) is 12.0 Å². The predicted octanol–water partition coefficient (Wildman–Crippen LogP) is 4.52. The Kier molecular flexibility index (Phi) is 5.33. The van der Waals surface area contributed by atoms with Crippen molar-refractivity contribution in [1.29, 1.82) is 0 Å². The molecular formula is C18H22O2. The fraction of sp³-hybridized carbons (Fsp3) is 0.333. The lowest BCUT2D eigenvalue weighted by molar-refractivity contribution is -0.106. The predicted molar refractivity (Wildman–Crippen MR) is 81.8 cm³/mol. The second-order valence-electron chi connectivity index (χ2n) is 4.80. The Morgan fingerprint density at radius 1 is 0.800 bits per heavy atom. The van der Waals surface area contributed by atoms with Crippen molar-refractivity contribution in [2.24, 2.45) is 0 Å². The molecule has 2 aromatic rings. The molecule has 1 atom stereocenters. The first-order valence-electron chi connectivity index (χ1n) is 7.01.